The normalized spacial score (nSPS) is 20.9. The number of methoxy groups -OCH3 is 2. The van der Waals surface area contributed by atoms with Gasteiger partial charge in [-0.05, 0) is 274 Å². The summed E-state index contributed by atoms with van der Waals surface area (Å²) in [7, 11) is -13.4. The highest BCUT2D eigenvalue weighted by Gasteiger charge is 2.59. The molecule has 9 aromatic rings. The lowest BCUT2D eigenvalue weighted by atomic mass is 9.71. The number of carbonyl (C=O) groups is 3. The molecule has 10 unspecified atom stereocenters. The van der Waals surface area contributed by atoms with E-state index < -0.39 is 96.2 Å². The van der Waals surface area contributed by atoms with Crippen LogP contribution in [0.4, 0.5) is 26.3 Å². The van der Waals surface area contributed by atoms with Gasteiger partial charge in [0.15, 0.2) is 87.0 Å². The molecule has 0 spiro atoms. The van der Waals surface area contributed by atoms with Crippen LogP contribution in [0.2, 0.25) is 0 Å². The summed E-state index contributed by atoms with van der Waals surface area (Å²) in [5.74, 6) is 9.93. The van der Waals surface area contributed by atoms with E-state index in [2.05, 4.69) is 302 Å². The minimum atomic E-state index is -5.44. The second kappa shape index (κ2) is 59.5. The van der Waals surface area contributed by atoms with Gasteiger partial charge in [-0.25, -0.2) is 39.6 Å². The van der Waals surface area contributed by atoms with E-state index in [1.165, 1.54) is 139 Å². The van der Waals surface area contributed by atoms with E-state index in [1.807, 2.05) is 0 Å². The lowest BCUT2D eigenvalue weighted by Gasteiger charge is -2.35. The monoisotopic (exact) mass is 2080 g/mol. The predicted octanol–water partition coefficient (Wildman–Crippen LogP) is 27.2. The standard InChI is InChI=1S/3C18H15S.C13H20O3.C12H18.C10H18.2C7H12O3.3C3H6F2O3S/c3*1-4-10-16(11-5-1)19(17-12-6-2-7-13-17)18-14-8-3-9-15-18;1-8(2)13(14)16-9(3)15-12-7-10-4-5-11(12)6-10;1-2-8-5-7(1)11-9-3-4-10(6-9)12(8)11;1-2-6-10-8-4-3-7-9(10)5-1;2*1-5(2)7(8)10-6(3)9-4;3*1-2-3(4,5)9(6,7)8/h3*1-15H;9-12H,1,4-7H2,2-3H3;7-12H,1-6H2;9-10H,1-8H2;2*6H,1H2,2-4H3;3*2H2,1H3,(H,6,7,8)/q3*+1;;;;;;;;/p-3. The summed E-state index contributed by atoms with van der Waals surface area (Å²) < 4.78 is 186. The van der Waals surface area contributed by atoms with Gasteiger partial charge in [0.1, 0.15) is 0 Å². The molecule has 0 aliphatic heterocycles. The summed E-state index contributed by atoms with van der Waals surface area (Å²) in [6, 6.07) is 96.5. The van der Waals surface area contributed by atoms with Gasteiger partial charge in [0.05, 0.1) is 38.8 Å². The van der Waals surface area contributed by atoms with E-state index in [-0.39, 0.29) is 38.7 Å². The molecule has 8 fully saturated rings. The number of hydrogen-bond acceptors (Lipinski definition) is 18. The summed E-state index contributed by atoms with van der Waals surface area (Å²) >= 11 is 0. The van der Waals surface area contributed by atoms with Crippen LogP contribution in [-0.2, 0) is 106 Å². The van der Waals surface area contributed by atoms with Crippen molar-refractivity contribution in [1.82, 2.24) is 0 Å². The van der Waals surface area contributed by atoms with Crippen LogP contribution in [0.25, 0.3) is 0 Å². The van der Waals surface area contributed by atoms with E-state index >= 15 is 0 Å². The van der Waals surface area contributed by atoms with Gasteiger partial charge < -0.3 is 42.1 Å². The van der Waals surface area contributed by atoms with Gasteiger partial charge in [0, 0.05) is 50.2 Å². The minimum Gasteiger partial charge on any atom is -0.743 e. The second-order valence-corrected chi connectivity index (χ2v) is 46.7. The maximum Gasteiger partial charge on any atom is 0.335 e. The van der Waals surface area contributed by atoms with Crippen molar-refractivity contribution in [2.45, 2.75) is 282 Å². The fourth-order valence-electron chi connectivity index (χ4n) is 18.6. The maximum atomic E-state index is 11.8. The molecule has 0 radical (unpaired) electrons. The molecule has 8 aliphatic rings. The van der Waals surface area contributed by atoms with Crippen LogP contribution < -0.4 is 0 Å². The van der Waals surface area contributed by atoms with Crippen LogP contribution >= 0.6 is 0 Å². The number of alkyl halides is 6. The molecule has 142 heavy (non-hydrogen) atoms. The van der Waals surface area contributed by atoms with E-state index in [1.54, 1.807) is 106 Å². The Morgan fingerprint density at radius 3 is 0.669 bits per heavy atom. The third-order valence-corrected chi connectivity index (χ3v) is 35.6. The zero-order valence-electron chi connectivity index (χ0n) is 83.1. The van der Waals surface area contributed by atoms with Gasteiger partial charge in [-0.3, -0.25) is 0 Å². The van der Waals surface area contributed by atoms with Gasteiger partial charge in [0.25, 0.3) is 0 Å². The van der Waals surface area contributed by atoms with E-state index in [9.17, 15) is 79.6 Å². The average Bonchev–Trinajstić information content (AvgIpc) is 1.56. The molecular weight excluding hydrogens is 1940 g/mol. The zero-order valence-corrected chi connectivity index (χ0v) is 88.0. The molecule has 10 atom stereocenters. The molecule has 0 amide bonds. The molecule has 0 aromatic heterocycles. The molecular formula is C112H140F6O18S6. The Morgan fingerprint density at radius 1 is 0.317 bits per heavy atom. The number of ether oxygens (including phenoxy) is 6. The summed E-state index contributed by atoms with van der Waals surface area (Å²) in [6.07, 6.45) is 23.1. The van der Waals surface area contributed by atoms with Crippen molar-refractivity contribution in [3.63, 3.8) is 0 Å². The number of halogens is 6. The molecule has 0 saturated heterocycles. The van der Waals surface area contributed by atoms with E-state index in [4.69, 9.17) is 18.9 Å². The fourth-order valence-corrected chi connectivity index (χ4v) is 26.0. The Balaban J connectivity index is 0.000000215. The SMILES string of the molecule is C1CC2CC1C1C3CCC(C3)C21.C1CCC2CCCCC2C1.C=C(C)C(=O)OC(C)OC.C=C(C)C(=O)OC(C)OC.C=C(C)C(=O)OC(C)OC1CC2CCC1C2.CCC(F)(F)S(=O)(=O)[O-].CCC(F)(F)S(=O)(=O)[O-].CCC(F)(F)S(=O)(=O)[O-].c1ccc([S+](c2ccccc2)c2ccccc2)cc1.c1ccc([S+](c2ccccc2)c2ccccc2)cc1.c1ccc([S+](c2ccccc2)c2ccccc2)cc1. The molecule has 0 heterocycles. The van der Waals surface area contributed by atoms with Crippen LogP contribution in [-0.4, -0.2) is 112 Å². The Hall–Kier alpha value is -9.15. The molecule has 18 nitrogen and oxygen atoms in total. The van der Waals surface area contributed by atoms with Crippen molar-refractivity contribution in [1.29, 1.82) is 0 Å². The first-order chi connectivity index (χ1) is 67.4. The first kappa shape index (κ1) is 120. The van der Waals surface area contributed by atoms with Gasteiger partial charge in [-0.15, -0.1) is 0 Å². The number of esters is 3. The Morgan fingerprint density at radius 2 is 0.514 bits per heavy atom. The van der Waals surface area contributed by atoms with Gasteiger partial charge in [0.2, 0.25) is 6.29 Å². The van der Waals surface area contributed by atoms with Crippen LogP contribution in [0.3, 0.4) is 0 Å². The first-order valence-electron chi connectivity index (χ1n) is 48.4. The molecule has 6 bridgehead atoms. The molecule has 9 aromatic carbocycles. The van der Waals surface area contributed by atoms with Gasteiger partial charge in [-0.1, -0.05) is 256 Å². The van der Waals surface area contributed by atoms with Crippen molar-refractivity contribution in [3.05, 3.63) is 309 Å². The summed E-state index contributed by atoms with van der Waals surface area (Å²) in [5, 5.41) is -12.3. The van der Waals surface area contributed by atoms with Gasteiger partial charge in [-0.2, -0.15) is 26.3 Å². The smallest absolute Gasteiger partial charge is 0.335 e. The Kier molecular flexibility index (Phi) is 50.2. The third-order valence-electron chi connectivity index (χ3n) is 25.8. The molecule has 17 rings (SSSR count). The molecule has 8 saturated carbocycles. The van der Waals surface area contributed by atoms with Gasteiger partial charge >= 0.3 is 33.7 Å². The lowest BCUT2D eigenvalue weighted by Crippen LogP contribution is -2.28. The highest BCUT2D eigenvalue weighted by molar-refractivity contribution is 7.97. The number of carbonyl (C=O) groups excluding carboxylic acids is 3. The first-order valence-corrected chi connectivity index (χ1v) is 56.3. The topological polar surface area (TPSA) is 278 Å². The van der Waals surface area contributed by atoms with Crippen LogP contribution in [0.5, 0.6) is 0 Å². The summed E-state index contributed by atoms with van der Waals surface area (Å²) in [4.78, 5) is 45.0. The number of hydrogen-bond donors (Lipinski definition) is 0. The molecule has 774 valence electrons. The second-order valence-electron chi connectivity index (χ2n) is 36.1. The van der Waals surface area contributed by atoms with Crippen molar-refractivity contribution >= 4 is 80.9 Å². The molecule has 0 N–H and O–H groups in total. The van der Waals surface area contributed by atoms with Crippen LogP contribution in [0.15, 0.2) is 354 Å². The highest BCUT2D eigenvalue weighted by atomic mass is 32.2. The van der Waals surface area contributed by atoms with Crippen molar-refractivity contribution in [3.8, 4) is 0 Å². The largest absolute Gasteiger partial charge is 0.743 e. The quantitative estimate of drug-likeness (QED) is 0.00751. The summed E-state index contributed by atoms with van der Waals surface area (Å²) in [5.41, 5.74) is 1.18. The molecule has 30 heteroatoms. The van der Waals surface area contributed by atoms with Crippen LogP contribution in [0, 0.1) is 59.2 Å². The number of benzene rings is 9. The van der Waals surface area contributed by atoms with Crippen molar-refractivity contribution in [2.24, 2.45) is 59.2 Å². The average molecular weight is 2080 g/mol. The van der Waals surface area contributed by atoms with Crippen molar-refractivity contribution in [2.75, 3.05) is 14.2 Å². The maximum absolute atomic E-state index is 11.8. The minimum absolute atomic E-state index is 0.0146. The van der Waals surface area contributed by atoms with E-state index in [0.717, 1.165) is 44.9 Å². The highest BCUT2D eigenvalue weighted by Crippen LogP contribution is 2.67. The lowest BCUT2D eigenvalue weighted by molar-refractivity contribution is -0.185. The predicted molar refractivity (Wildman–Crippen MR) is 547 cm³/mol. The van der Waals surface area contributed by atoms with Crippen LogP contribution in [0.1, 0.15) is 197 Å². The summed E-state index contributed by atoms with van der Waals surface area (Å²) in [6.45, 7) is 23.0. The van der Waals surface area contributed by atoms with Crippen molar-refractivity contribution < 1.29 is 108 Å². The third kappa shape index (κ3) is 38.4. The number of fused-ring (bicyclic) bond motifs is 12. The Labute approximate surface area is 847 Å². The number of rotatable bonds is 25. The zero-order chi connectivity index (χ0) is 104. The Bertz CT molecular complexity index is 4830. The molecule has 8 aliphatic carbocycles. The fraction of sp³-hybridized carbons (Fsp3) is 0.438. The van der Waals surface area contributed by atoms with E-state index in [0.29, 0.717) is 28.7 Å².